The topological polar surface area (TPSA) is 114 Å². The van der Waals surface area contributed by atoms with Gasteiger partial charge < -0.3 is 5.32 Å². The van der Waals surface area contributed by atoms with Gasteiger partial charge in [0.1, 0.15) is 10.6 Å². The predicted molar refractivity (Wildman–Crippen MR) is 108 cm³/mol. The number of amides is 1. The van der Waals surface area contributed by atoms with Crippen molar-refractivity contribution in [2.45, 2.75) is 31.2 Å². The second-order valence-electron chi connectivity index (χ2n) is 6.92. The van der Waals surface area contributed by atoms with Gasteiger partial charge in [0.25, 0.3) is 5.91 Å². The first-order valence-electron chi connectivity index (χ1n) is 8.33. The van der Waals surface area contributed by atoms with Gasteiger partial charge in [-0.05, 0) is 39.0 Å². The Morgan fingerprint density at radius 2 is 1.75 bits per heavy atom. The Bertz CT molecular complexity index is 1090. The van der Waals surface area contributed by atoms with Crippen molar-refractivity contribution in [3.63, 3.8) is 0 Å². The van der Waals surface area contributed by atoms with Crippen LogP contribution >= 0.6 is 11.3 Å². The lowest BCUT2D eigenvalue weighted by molar-refractivity contribution is 0.102. The van der Waals surface area contributed by atoms with Gasteiger partial charge in [-0.25, -0.2) is 28.1 Å². The number of carbonyl (C=O) groups is 1. The number of anilines is 1. The Kier molecular flexibility index (Phi) is 5.54. The van der Waals surface area contributed by atoms with Crippen molar-refractivity contribution in [2.75, 3.05) is 5.32 Å². The minimum Gasteiger partial charge on any atom is -0.319 e. The van der Waals surface area contributed by atoms with Gasteiger partial charge in [-0.3, -0.25) is 4.79 Å². The highest BCUT2D eigenvalue weighted by atomic mass is 32.2. The molecule has 0 unspecified atom stereocenters. The van der Waals surface area contributed by atoms with Gasteiger partial charge in [-0.2, -0.15) is 0 Å². The summed E-state index contributed by atoms with van der Waals surface area (Å²) >= 11 is 1.23. The molecular formula is C18H19N5O3S2. The standard InChI is InChI=1S/C18H19N5O3S2/c1-18(2,3)23-28(25,26)14-8-5-4-7-12(14)21-16(24)13-11-27-17(22-13)15-19-9-6-10-20-15/h4-11,23H,1-3H3,(H,21,24). The number of hydrogen-bond acceptors (Lipinski definition) is 7. The molecule has 28 heavy (non-hydrogen) atoms. The molecule has 0 aliphatic heterocycles. The van der Waals surface area contributed by atoms with Gasteiger partial charge in [0.05, 0.1) is 5.69 Å². The van der Waals surface area contributed by atoms with Crippen molar-refractivity contribution in [2.24, 2.45) is 0 Å². The molecule has 0 bridgehead atoms. The molecule has 0 aliphatic carbocycles. The van der Waals surface area contributed by atoms with Crippen LogP contribution in [0.15, 0.2) is 53.0 Å². The number of benzene rings is 1. The molecule has 1 amide bonds. The zero-order chi connectivity index (χ0) is 20.4. The molecule has 0 fully saturated rings. The van der Waals surface area contributed by atoms with Crippen LogP contribution in [0.3, 0.4) is 0 Å². The van der Waals surface area contributed by atoms with E-state index >= 15 is 0 Å². The molecule has 0 atom stereocenters. The monoisotopic (exact) mass is 417 g/mol. The summed E-state index contributed by atoms with van der Waals surface area (Å²) in [6, 6.07) is 7.90. The van der Waals surface area contributed by atoms with E-state index in [9.17, 15) is 13.2 Å². The Morgan fingerprint density at radius 1 is 1.07 bits per heavy atom. The normalized spacial score (nSPS) is 12.0. The van der Waals surface area contributed by atoms with Gasteiger partial charge in [0.2, 0.25) is 10.0 Å². The number of nitrogens with zero attached hydrogens (tertiary/aromatic N) is 3. The van der Waals surface area contributed by atoms with E-state index in [1.807, 2.05) is 0 Å². The fourth-order valence-corrected chi connectivity index (χ4v) is 4.67. The minimum absolute atomic E-state index is 0.0138. The summed E-state index contributed by atoms with van der Waals surface area (Å²) in [5.41, 5.74) is -0.326. The molecule has 0 saturated heterocycles. The van der Waals surface area contributed by atoms with Crippen LogP contribution in [0.25, 0.3) is 10.8 Å². The molecule has 10 heteroatoms. The molecule has 0 radical (unpaired) electrons. The molecule has 2 heterocycles. The third-order valence-corrected chi connectivity index (χ3v) is 6.01. The lowest BCUT2D eigenvalue weighted by Gasteiger charge is -2.21. The molecule has 0 spiro atoms. The van der Waals surface area contributed by atoms with Gasteiger partial charge >= 0.3 is 0 Å². The minimum atomic E-state index is -3.82. The zero-order valence-corrected chi connectivity index (χ0v) is 17.1. The Labute approximate surface area is 167 Å². The largest absolute Gasteiger partial charge is 0.319 e. The number of sulfonamides is 1. The third kappa shape index (κ3) is 4.77. The quantitative estimate of drug-likeness (QED) is 0.660. The first-order valence-corrected chi connectivity index (χ1v) is 10.7. The number of aromatic nitrogens is 3. The number of para-hydroxylation sites is 1. The lowest BCUT2D eigenvalue weighted by atomic mass is 10.1. The highest BCUT2D eigenvalue weighted by Gasteiger charge is 2.25. The fourth-order valence-electron chi connectivity index (χ4n) is 2.34. The molecule has 0 saturated carbocycles. The van der Waals surface area contributed by atoms with Crippen LogP contribution in [0.5, 0.6) is 0 Å². The highest BCUT2D eigenvalue weighted by Crippen LogP contribution is 2.24. The molecule has 146 valence electrons. The number of thiazole rings is 1. The molecule has 2 aromatic heterocycles. The lowest BCUT2D eigenvalue weighted by Crippen LogP contribution is -2.40. The molecule has 0 aliphatic rings. The van der Waals surface area contributed by atoms with E-state index in [2.05, 4.69) is 25.0 Å². The smallest absolute Gasteiger partial charge is 0.275 e. The molecule has 2 N–H and O–H groups in total. The van der Waals surface area contributed by atoms with E-state index in [-0.39, 0.29) is 16.3 Å². The van der Waals surface area contributed by atoms with Gasteiger partial charge in [-0.15, -0.1) is 11.3 Å². The molecule has 3 rings (SSSR count). The van der Waals surface area contributed by atoms with Crippen molar-refractivity contribution in [1.29, 1.82) is 0 Å². The molecule has 8 nitrogen and oxygen atoms in total. The second-order valence-corrected chi connectivity index (χ2v) is 9.43. The van der Waals surface area contributed by atoms with Crippen molar-refractivity contribution in [1.82, 2.24) is 19.7 Å². The van der Waals surface area contributed by atoms with Gasteiger partial charge in [-0.1, -0.05) is 12.1 Å². The first-order chi connectivity index (χ1) is 13.2. The summed E-state index contributed by atoms with van der Waals surface area (Å²) in [6.07, 6.45) is 3.18. The summed E-state index contributed by atoms with van der Waals surface area (Å²) in [4.78, 5) is 25.0. The summed E-state index contributed by atoms with van der Waals surface area (Å²) in [7, 11) is -3.82. The average molecular weight is 418 g/mol. The van der Waals surface area contributed by atoms with Crippen LogP contribution in [0.2, 0.25) is 0 Å². The second kappa shape index (κ2) is 7.74. The maximum atomic E-state index is 12.7. The zero-order valence-electron chi connectivity index (χ0n) is 15.5. The van der Waals surface area contributed by atoms with E-state index in [1.54, 1.807) is 56.7 Å². The Hall–Kier alpha value is -2.69. The number of carbonyl (C=O) groups excluding carboxylic acids is 1. The van der Waals surface area contributed by atoms with Crippen LogP contribution in [0, 0.1) is 0 Å². The Balaban J connectivity index is 1.85. The average Bonchev–Trinajstić information content (AvgIpc) is 3.11. The van der Waals surface area contributed by atoms with Crippen molar-refractivity contribution in [3.05, 3.63) is 53.8 Å². The van der Waals surface area contributed by atoms with Crippen LogP contribution in [-0.4, -0.2) is 34.8 Å². The Morgan fingerprint density at radius 3 is 2.43 bits per heavy atom. The number of rotatable bonds is 5. The SMILES string of the molecule is CC(C)(C)NS(=O)(=O)c1ccccc1NC(=O)c1csc(-c2ncccn2)n1. The van der Waals surface area contributed by atoms with E-state index in [4.69, 9.17) is 0 Å². The van der Waals surface area contributed by atoms with E-state index in [0.29, 0.717) is 10.8 Å². The summed E-state index contributed by atoms with van der Waals surface area (Å²) in [5, 5.41) is 4.70. The van der Waals surface area contributed by atoms with Crippen LogP contribution in [0.4, 0.5) is 5.69 Å². The van der Waals surface area contributed by atoms with E-state index < -0.39 is 21.5 Å². The number of hydrogen-bond donors (Lipinski definition) is 2. The summed E-state index contributed by atoms with van der Waals surface area (Å²) in [6.45, 7) is 5.23. The molecule has 1 aromatic carbocycles. The maximum Gasteiger partial charge on any atom is 0.275 e. The van der Waals surface area contributed by atoms with E-state index in [1.165, 1.54) is 23.5 Å². The fraction of sp³-hybridized carbons (Fsp3) is 0.222. The summed E-state index contributed by atoms with van der Waals surface area (Å²) < 4.78 is 27.9. The maximum absolute atomic E-state index is 12.7. The van der Waals surface area contributed by atoms with Gasteiger partial charge in [0.15, 0.2) is 10.8 Å². The van der Waals surface area contributed by atoms with Crippen LogP contribution in [0.1, 0.15) is 31.3 Å². The van der Waals surface area contributed by atoms with Crippen LogP contribution in [-0.2, 0) is 10.0 Å². The van der Waals surface area contributed by atoms with Crippen molar-refractivity contribution in [3.8, 4) is 10.8 Å². The van der Waals surface area contributed by atoms with E-state index in [0.717, 1.165) is 0 Å². The predicted octanol–water partition coefficient (Wildman–Crippen LogP) is 2.93. The first kappa shape index (κ1) is 20.1. The van der Waals surface area contributed by atoms with Crippen molar-refractivity contribution < 1.29 is 13.2 Å². The third-order valence-electron chi connectivity index (χ3n) is 3.36. The van der Waals surface area contributed by atoms with Crippen molar-refractivity contribution >= 4 is 33.0 Å². The number of nitrogens with one attached hydrogen (secondary N) is 2. The van der Waals surface area contributed by atoms with Gasteiger partial charge in [0, 0.05) is 23.3 Å². The highest BCUT2D eigenvalue weighted by molar-refractivity contribution is 7.89. The molecular weight excluding hydrogens is 398 g/mol. The van der Waals surface area contributed by atoms with Crippen LogP contribution < -0.4 is 10.0 Å². The summed E-state index contributed by atoms with van der Waals surface area (Å²) in [5.74, 6) is -0.0965. The molecule has 3 aromatic rings.